The Kier molecular flexibility index (Phi) is 11.0. The van der Waals surface area contributed by atoms with Gasteiger partial charge in [-0.05, 0) is 25.0 Å². The predicted molar refractivity (Wildman–Crippen MR) is 119 cm³/mol. The van der Waals surface area contributed by atoms with Crippen LogP contribution in [-0.4, -0.2) is 24.6 Å². The number of carbonyl (C=O) groups is 2. The van der Waals surface area contributed by atoms with Crippen molar-refractivity contribution in [1.29, 1.82) is 0 Å². The molecule has 162 valence electrons. The summed E-state index contributed by atoms with van der Waals surface area (Å²) in [6, 6.07) is 6.55. The lowest BCUT2D eigenvalue weighted by atomic mass is 9.96. The number of ether oxygens (including phenoxy) is 3. The molecule has 30 heavy (non-hydrogen) atoms. The molecule has 1 aromatic rings. The zero-order valence-corrected chi connectivity index (χ0v) is 18.2. The molecule has 0 N–H and O–H groups in total. The minimum Gasteiger partial charge on any atom is -0.493 e. The number of hydrogen-bond acceptors (Lipinski definition) is 5. The Morgan fingerprint density at radius 2 is 1.87 bits per heavy atom. The summed E-state index contributed by atoms with van der Waals surface area (Å²) in [4.78, 5) is 24.1. The molecule has 2 atom stereocenters. The van der Waals surface area contributed by atoms with E-state index in [0.29, 0.717) is 24.4 Å². The highest BCUT2D eigenvalue weighted by Crippen LogP contribution is 2.25. The number of benzene rings is 1. The van der Waals surface area contributed by atoms with Crippen LogP contribution in [0.4, 0.5) is 0 Å². The highest BCUT2D eigenvalue weighted by molar-refractivity contribution is 5.93. The first-order valence-corrected chi connectivity index (χ1v) is 10.1. The van der Waals surface area contributed by atoms with Crippen LogP contribution in [0.25, 0.3) is 0 Å². The van der Waals surface area contributed by atoms with Crippen molar-refractivity contribution in [3.05, 3.63) is 79.1 Å². The van der Waals surface area contributed by atoms with E-state index in [4.69, 9.17) is 14.2 Å². The number of hydrogen-bond donors (Lipinski definition) is 0. The highest BCUT2D eigenvalue weighted by Gasteiger charge is 2.26. The molecular weight excluding hydrogens is 380 g/mol. The van der Waals surface area contributed by atoms with Crippen LogP contribution in [0.5, 0.6) is 5.75 Å². The molecular formula is C25H32O5. The van der Waals surface area contributed by atoms with E-state index in [1.165, 1.54) is 6.92 Å². The standard InChI is InChI=1S/C25H32O5/c1-7-10-14-18(4)19(5)28-17-21(9-3)23(13-8-2)30-25(27)22-15-11-12-16-24(22)29-20(6)26/h7,10-12,14-16,21,23H,1,4-5,8-9,13,17H2,2-3,6H3/b14-10-. The maximum atomic E-state index is 12.8. The smallest absolute Gasteiger partial charge is 0.342 e. The van der Waals surface area contributed by atoms with E-state index < -0.39 is 11.9 Å². The molecule has 0 fully saturated rings. The van der Waals surface area contributed by atoms with Gasteiger partial charge >= 0.3 is 11.9 Å². The van der Waals surface area contributed by atoms with Crippen LogP contribution in [0, 0.1) is 5.92 Å². The third-order valence-electron chi connectivity index (χ3n) is 4.51. The van der Waals surface area contributed by atoms with Crippen molar-refractivity contribution in [3.63, 3.8) is 0 Å². The second kappa shape index (κ2) is 13.2. The summed E-state index contributed by atoms with van der Waals surface area (Å²) in [6.07, 6.45) is 7.12. The fourth-order valence-electron chi connectivity index (χ4n) is 2.82. The first-order chi connectivity index (χ1) is 14.3. The monoisotopic (exact) mass is 412 g/mol. The Bertz CT molecular complexity index is 790. The summed E-state index contributed by atoms with van der Waals surface area (Å²) in [5, 5.41) is 0. The predicted octanol–water partition coefficient (Wildman–Crippen LogP) is 5.79. The van der Waals surface area contributed by atoms with Gasteiger partial charge in [-0.1, -0.05) is 70.4 Å². The van der Waals surface area contributed by atoms with Crippen molar-refractivity contribution < 1.29 is 23.8 Å². The second-order valence-electron chi connectivity index (χ2n) is 6.84. The van der Waals surface area contributed by atoms with Crippen LogP contribution >= 0.6 is 0 Å². The number of allylic oxidation sites excluding steroid dienone is 3. The minimum absolute atomic E-state index is 0.0253. The largest absolute Gasteiger partial charge is 0.493 e. The molecule has 5 heteroatoms. The lowest BCUT2D eigenvalue weighted by Crippen LogP contribution is -2.30. The molecule has 0 aliphatic heterocycles. The van der Waals surface area contributed by atoms with Gasteiger partial charge in [0.15, 0.2) is 0 Å². The molecule has 0 bridgehead atoms. The van der Waals surface area contributed by atoms with Crippen LogP contribution in [0.15, 0.2) is 73.6 Å². The average Bonchev–Trinajstić information content (AvgIpc) is 2.72. The molecule has 1 aromatic carbocycles. The van der Waals surface area contributed by atoms with Gasteiger partial charge in [-0.3, -0.25) is 4.79 Å². The molecule has 1 rings (SSSR count). The maximum absolute atomic E-state index is 12.8. The molecule has 0 amide bonds. The van der Waals surface area contributed by atoms with E-state index >= 15 is 0 Å². The van der Waals surface area contributed by atoms with Crippen molar-refractivity contribution in [2.75, 3.05) is 6.61 Å². The Labute approximate surface area is 179 Å². The van der Waals surface area contributed by atoms with Gasteiger partial charge in [-0.15, -0.1) is 0 Å². The van der Waals surface area contributed by atoms with E-state index in [0.717, 1.165) is 12.8 Å². The van der Waals surface area contributed by atoms with Crippen LogP contribution in [-0.2, 0) is 14.3 Å². The van der Waals surface area contributed by atoms with Crippen LogP contribution < -0.4 is 4.74 Å². The molecule has 0 aliphatic rings. The van der Waals surface area contributed by atoms with Crippen molar-refractivity contribution in [3.8, 4) is 5.75 Å². The lowest BCUT2D eigenvalue weighted by molar-refractivity contribution is -0.131. The number of rotatable bonds is 13. The highest BCUT2D eigenvalue weighted by atomic mass is 16.6. The van der Waals surface area contributed by atoms with Crippen molar-refractivity contribution in [1.82, 2.24) is 0 Å². The normalized spacial score (nSPS) is 12.6. The maximum Gasteiger partial charge on any atom is 0.342 e. The zero-order valence-electron chi connectivity index (χ0n) is 18.2. The molecule has 0 spiro atoms. The number of esters is 2. The van der Waals surface area contributed by atoms with E-state index in [-0.39, 0.29) is 23.3 Å². The summed E-state index contributed by atoms with van der Waals surface area (Å²) in [6.45, 7) is 17.1. The van der Waals surface area contributed by atoms with E-state index in [2.05, 4.69) is 19.7 Å². The van der Waals surface area contributed by atoms with Crippen molar-refractivity contribution in [2.45, 2.75) is 46.1 Å². The van der Waals surface area contributed by atoms with Gasteiger partial charge in [0, 0.05) is 18.4 Å². The fourth-order valence-corrected chi connectivity index (χ4v) is 2.82. The molecule has 0 saturated heterocycles. The minimum atomic E-state index is -0.527. The van der Waals surface area contributed by atoms with Gasteiger partial charge in [-0.2, -0.15) is 0 Å². The number of para-hydroxylation sites is 1. The summed E-state index contributed by atoms with van der Waals surface area (Å²) in [7, 11) is 0. The average molecular weight is 413 g/mol. The van der Waals surface area contributed by atoms with Crippen molar-refractivity contribution >= 4 is 11.9 Å². The summed E-state index contributed by atoms with van der Waals surface area (Å²) < 4.78 is 16.8. The van der Waals surface area contributed by atoms with Gasteiger partial charge in [0.1, 0.15) is 23.2 Å². The molecule has 0 radical (unpaired) electrons. The Morgan fingerprint density at radius 3 is 2.47 bits per heavy atom. The molecule has 2 unspecified atom stereocenters. The second-order valence-corrected chi connectivity index (χ2v) is 6.84. The quantitative estimate of drug-likeness (QED) is 0.178. The van der Waals surface area contributed by atoms with Gasteiger partial charge in [0.05, 0.1) is 6.61 Å². The first kappa shape index (κ1) is 25.0. The SMILES string of the molecule is C=C/C=C\C(=C)C(=C)OCC(CC)C(CCC)OC(=O)c1ccccc1OC(C)=O. The molecule has 0 aromatic heterocycles. The molecule has 5 nitrogen and oxygen atoms in total. The molecule has 0 heterocycles. The van der Waals surface area contributed by atoms with Gasteiger partial charge in [-0.25, -0.2) is 4.79 Å². The van der Waals surface area contributed by atoms with E-state index in [9.17, 15) is 9.59 Å². The van der Waals surface area contributed by atoms with Crippen LogP contribution in [0.3, 0.4) is 0 Å². The Hall–Kier alpha value is -3.08. The molecule has 0 aliphatic carbocycles. The van der Waals surface area contributed by atoms with Gasteiger partial charge in [0.25, 0.3) is 0 Å². The van der Waals surface area contributed by atoms with Crippen molar-refractivity contribution in [2.24, 2.45) is 5.92 Å². The summed E-state index contributed by atoms with van der Waals surface area (Å²) in [5.41, 5.74) is 0.876. The fraction of sp³-hybridized carbons (Fsp3) is 0.360. The Morgan fingerprint density at radius 1 is 1.17 bits per heavy atom. The lowest BCUT2D eigenvalue weighted by Gasteiger charge is -2.27. The van der Waals surface area contributed by atoms with Gasteiger partial charge < -0.3 is 14.2 Å². The first-order valence-electron chi connectivity index (χ1n) is 10.1. The van der Waals surface area contributed by atoms with E-state index in [1.807, 2.05) is 13.8 Å². The summed E-state index contributed by atoms with van der Waals surface area (Å²) in [5.74, 6) is -0.394. The third-order valence-corrected chi connectivity index (χ3v) is 4.51. The third kappa shape index (κ3) is 8.11. The van der Waals surface area contributed by atoms with Crippen LogP contribution in [0.2, 0.25) is 0 Å². The number of carbonyl (C=O) groups excluding carboxylic acids is 2. The van der Waals surface area contributed by atoms with Crippen LogP contribution in [0.1, 0.15) is 50.4 Å². The van der Waals surface area contributed by atoms with E-state index in [1.54, 1.807) is 42.5 Å². The van der Waals surface area contributed by atoms with Gasteiger partial charge in [0.2, 0.25) is 0 Å². The zero-order chi connectivity index (χ0) is 22.5. The molecule has 0 saturated carbocycles. The summed E-state index contributed by atoms with van der Waals surface area (Å²) >= 11 is 0. The topological polar surface area (TPSA) is 61.8 Å². The Balaban J connectivity index is 2.88.